The number of carboxylic acids is 1. The van der Waals surface area contributed by atoms with Gasteiger partial charge in [0.1, 0.15) is 29.8 Å². The van der Waals surface area contributed by atoms with E-state index < -0.39 is 12.0 Å². The summed E-state index contributed by atoms with van der Waals surface area (Å²) in [6.45, 7) is 3.04. The number of ether oxygens (including phenoxy) is 1. The summed E-state index contributed by atoms with van der Waals surface area (Å²) in [5.41, 5.74) is 9.99. The number of aryl methyl sites for hydroxylation is 1. The lowest BCUT2D eigenvalue weighted by atomic mass is 10.00. The highest BCUT2D eigenvalue weighted by atomic mass is 19.1. The van der Waals surface area contributed by atoms with Crippen molar-refractivity contribution in [3.05, 3.63) is 71.9 Å². The molecule has 0 aliphatic carbocycles. The zero-order chi connectivity index (χ0) is 25.2. The van der Waals surface area contributed by atoms with Crippen LogP contribution < -0.4 is 20.9 Å². The summed E-state index contributed by atoms with van der Waals surface area (Å²) in [5.74, 6) is 0.165. The van der Waals surface area contributed by atoms with Gasteiger partial charge in [0.2, 0.25) is 0 Å². The molecule has 1 saturated heterocycles. The van der Waals surface area contributed by atoms with Crippen molar-refractivity contribution < 1.29 is 19.0 Å². The minimum absolute atomic E-state index is 0.0687. The first-order chi connectivity index (χ1) is 17.4. The number of hydrazine groups is 1. The predicted octanol–water partition coefficient (Wildman–Crippen LogP) is 3.66. The van der Waals surface area contributed by atoms with Crippen molar-refractivity contribution in [3.63, 3.8) is 0 Å². The number of carboxylic acid groups (broad SMARTS) is 1. The number of nitrogens with zero attached hydrogens (tertiary/aromatic N) is 3. The minimum atomic E-state index is -0.868. The van der Waals surface area contributed by atoms with Gasteiger partial charge in [-0.05, 0) is 37.1 Å². The highest BCUT2D eigenvalue weighted by Crippen LogP contribution is 2.31. The fourth-order valence-corrected chi connectivity index (χ4v) is 4.64. The van der Waals surface area contributed by atoms with Crippen LogP contribution in [0, 0.1) is 12.7 Å². The molecule has 4 N–H and O–H groups in total. The lowest BCUT2D eigenvalue weighted by molar-refractivity contribution is -0.139. The van der Waals surface area contributed by atoms with Crippen molar-refractivity contribution in [2.24, 2.45) is 0 Å². The smallest absolute Gasteiger partial charge is 0.322 e. The summed E-state index contributed by atoms with van der Waals surface area (Å²) in [6, 6.07) is 14.1. The Balaban J connectivity index is 1.26. The largest absolute Gasteiger partial charge is 0.496 e. The summed E-state index contributed by atoms with van der Waals surface area (Å²) in [7, 11) is 1.58. The maximum atomic E-state index is 14.6. The second-order valence-corrected chi connectivity index (χ2v) is 8.75. The van der Waals surface area contributed by atoms with Crippen LogP contribution in [0.4, 0.5) is 10.2 Å². The van der Waals surface area contributed by atoms with E-state index >= 15 is 0 Å². The van der Waals surface area contributed by atoms with Gasteiger partial charge in [-0.15, -0.1) is 0 Å². The van der Waals surface area contributed by atoms with E-state index in [0.29, 0.717) is 36.6 Å². The molecule has 2 unspecified atom stereocenters. The van der Waals surface area contributed by atoms with Gasteiger partial charge in [-0.2, -0.15) is 0 Å². The van der Waals surface area contributed by atoms with E-state index in [9.17, 15) is 9.18 Å². The fourth-order valence-electron chi connectivity index (χ4n) is 4.64. The number of nitrogens with one attached hydrogen (secondary N) is 3. The highest BCUT2D eigenvalue weighted by molar-refractivity contribution is 5.88. The molecule has 0 saturated carbocycles. The molecule has 0 spiro atoms. The van der Waals surface area contributed by atoms with Gasteiger partial charge in [-0.3, -0.25) is 4.79 Å². The average Bonchev–Trinajstić information content (AvgIpc) is 3.51. The third-order valence-electron chi connectivity index (χ3n) is 6.52. The molecule has 1 fully saturated rings. The molecular formula is C26H27FN6O3. The van der Waals surface area contributed by atoms with Crippen LogP contribution in [0.25, 0.3) is 22.2 Å². The fraction of sp³-hybridized carbons (Fsp3) is 0.269. The molecule has 0 bridgehead atoms. The number of halogens is 1. The number of rotatable bonds is 8. The Bertz CT molecular complexity index is 1410. The molecule has 5 rings (SSSR count). The van der Waals surface area contributed by atoms with Gasteiger partial charge >= 0.3 is 5.97 Å². The molecule has 1 aliphatic heterocycles. The van der Waals surface area contributed by atoms with Crippen LogP contribution in [-0.2, 0) is 11.3 Å². The quantitative estimate of drug-likeness (QED) is 0.296. The van der Waals surface area contributed by atoms with Gasteiger partial charge in [0.05, 0.1) is 18.3 Å². The Labute approximate surface area is 207 Å². The van der Waals surface area contributed by atoms with Crippen LogP contribution in [-0.4, -0.2) is 45.3 Å². The first-order valence-corrected chi connectivity index (χ1v) is 11.7. The monoisotopic (exact) mass is 490 g/mol. The number of hydrogen-bond donors (Lipinski definition) is 4. The lowest BCUT2D eigenvalue weighted by Gasteiger charge is -2.12. The summed E-state index contributed by atoms with van der Waals surface area (Å²) in [6.07, 6.45) is 1.98. The van der Waals surface area contributed by atoms with Crippen LogP contribution in [0.2, 0.25) is 0 Å². The van der Waals surface area contributed by atoms with Crippen LogP contribution in [0.3, 0.4) is 0 Å². The van der Waals surface area contributed by atoms with Crippen LogP contribution in [0.5, 0.6) is 5.75 Å². The van der Waals surface area contributed by atoms with Gasteiger partial charge in [0.25, 0.3) is 0 Å². The van der Waals surface area contributed by atoms with E-state index in [2.05, 4.69) is 26.1 Å². The van der Waals surface area contributed by atoms with Crippen molar-refractivity contribution in [2.75, 3.05) is 19.0 Å². The maximum absolute atomic E-state index is 14.6. The summed E-state index contributed by atoms with van der Waals surface area (Å²) in [4.78, 5) is 19.9. The number of aliphatic carboxylic acids is 1. The number of anilines is 1. The third-order valence-corrected chi connectivity index (χ3v) is 6.52. The summed E-state index contributed by atoms with van der Waals surface area (Å²) < 4.78 is 21.9. The molecule has 4 aromatic rings. The van der Waals surface area contributed by atoms with Crippen molar-refractivity contribution in [1.29, 1.82) is 0 Å². The number of benzene rings is 2. The van der Waals surface area contributed by atoms with E-state index in [0.717, 1.165) is 27.9 Å². The average molecular weight is 491 g/mol. The number of carbonyl (C=O) groups is 1. The van der Waals surface area contributed by atoms with Crippen LogP contribution >= 0.6 is 0 Å². The zero-order valence-corrected chi connectivity index (χ0v) is 20.0. The number of aromatic nitrogens is 3. The molecule has 2 aromatic carbocycles. The molecule has 2 atom stereocenters. The highest BCUT2D eigenvalue weighted by Gasteiger charge is 2.29. The molecule has 186 valence electrons. The Morgan fingerprint density at radius 3 is 2.72 bits per heavy atom. The van der Waals surface area contributed by atoms with Crippen LogP contribution in [0.15, 0.2) is 54.9 Å². The first-order valence-electron chi connectivity index (χ1n) is 11.7. The van der Waals surface area contributed by atoms with Crippen molar-refractivity contribution >= 4 is 22.7 Å². The lowest BCUT2D eigenvalue weighted by Crippen LogP contribution is -2.36. The Hall–Kier alpha value is -4.02. The second kappa shape index (κ2) is 9.92. The Kier molecular flexibility index (Phi) is 6.53. The molecule has 36 heavy (non-hydrogen) atoms. The molecular weight excluding hydrogens is 463 g/mol. The molecule has 0 radical (unpaired) electrons. The van der Waals surface area contributed by atoms with Gasteiger partial charge < -0.3 is 19.7 Å². The number of methoxy groups -OCH3 is 1. The third kappa shape index (κ3) is 4.60. The van der Waals surface area contributed by atoms with E-state index in [1.165, 1.54) is 12.4 Å². The van der Waals surface area contributed by atoms with Gasteiger partial charge in [0, 0.05) is 41.8 Å². The SMILES string of the molecule is COc1ccc(F)c2c1cc(C)n2CCNc1cc(-c2ccc(C3CC(C(=O)O)NN3)cc2)ncn1. The van der Waals surface area contributed by atoms with Crippen molar-refractivity contribution in [1.82, 2.24) is 25.4 Å². The normalized spacial score (nSPS) is 17.4. The van der Waals surface area contributed by atoms with E-state index in [1.807, 2.05) is 47.9 Å². The molecule has 10 heteroatoms. The molecule has 3 heterocycles. The number of fused-ring (bicyclic) bond motifs is 1. The van der Waals surface area contributed by atoms with Crippen molar-refractivity contribution in [2.45, 2.75) is 32.0 Å². The molecule has 1 aliphatic rings. The zero-order valence-electron chi connectivity index (χ0n) is 20.0. The standard InChI is InChI=1S/C26H27FN6O3/c1-15-11-18-23(36-2)8-7-19(27)25(18)33(15)10-9-28-24-13-20(29-14-30-24)16-3-5-17(6-4-16)21-12-22(26(34)35)32-31-21/h3-8,11,13-14,21-22,31-32H,9-10,12H2,1-2H3,(H,34,35)(H,28,29,30). The molecule has 2 aromatic heterocycles. The van der Waals surface area contributed by atoms with Crippen molar-refractivity contribution in [3.8, 4) is 17.0 Å². The van der Waals surface area contributed by atoms with Crippen LogP contribution in [0.1, 0.15) is 23.7 Å². The molecule has 0 amide bonds. The van der Waals surface area contributed by atoms with Gasteiger partial charge in [-0.1, -0.05) is 24.3 Å². The summed E-state index contributed by atoms with van der Waals surface area (Å²) >= 11 is 0. The second-order valence-electron chi connectivity index (χ2n) is 8.75. The summed E-state index contributed by atoms with van der Waals surface area (Å²) in [5, 5.41) is 13.2. The van der Waals surface area contributed by atoms with Gasteiger partial charge in [0.15, 0.2) is 0 Å². The minimum Gasteiger partial charge on any atom is -0.496 e. The Morgan fingerprint density at radius 1 is 1.19 bits per heavy atom. The molecule has 9 nitrogen and oxygen atoms in total. The first kappa shape index (κ1) is 23.7. The number of hydrogen-bond acceptors (Lipinski definition) is 7. The van der Waals surface area contributed by atoms with Gasteiger partial charge in [-0.25, -0.2) is 25.2 Å². The Morgan fingerprint density at radius 2 is 2.00 bits per heavy atom. The van der Waals surface area contributed by atoms with E-state index in [1.54, 1.807) is 13.2 Å². The predicted molar refractivity (Wildman–Crippen MR) is 134 cm³/mol. The van der Waals surface area contributed by atoms with E-state index in [4.69, 9.17) is 9.84 Å². The topological polar surface area (TPSA) is 113 Å². The van der Waals surface area contributed by atoms with E-state index in [-0.39, 0.29) is 11.9 Å². The maximum Gasteiger partial charge on any atom is 0.322 e.